The number of fused-ring (bicyclic) bond motifs is 2. The zero-order valence-corrected chi connectivity index (χ0v) is 21.1. The molecule has 4 atom stereocenters. The van der Waals surface area contributed by atoms with Crippen LogP contribution in [-0.2, 0) is 4.79 Å². The van der Waals surface area contributed by atoms with Gasteiger partial charge in [-0.15, -0.1) is 0 Å². The predicted octanol–water partition coefficient (Wildman–Crippen LogP) is 3.41. The summed E-state index contributed by atoms with van der Waals surface area (Å²) in [5.74, 6) is 0.336. The fourth-order valence-electron chi connectivity index (χ4n) is 5.95. The smallest absolute Gasteiger partial charge is 0.226 e. The lowest BCUT2D eigenvalue weighted by Gasteiger charge is -2.34. The van der Waals surface area contributed by atoms with Crippen molar-refractivity contribution in [2.45, 2.75) is 57.7 Å². The monoisotopic (exact) mass is 488 g/mol. The van der Waals surface area contributed by atoms with Crippen LogP contribution in [-0.4, -0.2) is 46.5 Å². The summed E-state index contributed by atoms with van der Waals surface area (Å²) in [6.45, 7) is 6.88. The van der Waals surface area contributed by atoms with Crippen LogP contribution >= 0.6 is 0 Å². The van der Waals surface area contributed by atoms with Gasteiger partial charge in [-0.25, -0.2) is 10.4 Å². The van der Waals surface area contributed by atoms with E-state index in [0.717, 1.165) is 43.0 Å². The number of carbonyl (C=O) groups is 1. The molecule has 3 aliphatic rings. The Labute approximate surface area is 211 Å². The normalized spacial score (nSPS) is 26.4. The first-order valence-corrected chi connectivity index (χ1v) is 13.3. The van der Waals surface area contributed by atoms with Crippen LogP contribution in [0.15, 0.2) is 36.8 Å². The lowest BCUT2D eigenvalue weighted by atomic mass is 9.81. The largest absolute Gasteiger partial charge is 0.371 e. The zero-order chi connectivity index (χ0) is 24.6. The minimum absolute atomic E-state index is 0.00576. The SMILES string of the molecule is CC(C)C(=O)Nc1cncc(C2CC3C(CN2)NNC3c2cc3c(N4CCCCC4)ccnc3[nH]2)c1. The first-order valence-electron chi connectivity index (χ1n) is 13.3. The summed E-state index contributed by atoms with van der Waals surface area (Å²) in [7, 11) is 0. The van der Waals surface area contributed by atoms with Gasteiger partial charge < -0.3 is 20.5 Å². The fraction of sp³-hybridized carbons (Fsp3) is 0.519. The van der Waals surface area contributed by atoms with E-state index in [-0.39, 0.29) is 23.9 Å². The zero-order valence-electron chi connectivity index (χ0n) is 21.1. The molecule has 3 aromatic heterocycles. The Balaban J connectivity index is 1.23. The summed E-state index contributed by atoms with van der Waals surface area (Å²) >= 11 is 0. The third-order valence-corrected chi connectivity index (χ3v) is 7.98. The van der Waals surface area contributed by atoms with Crippen molar-refractivity contribution in [3.8, 4) is 0 Å². The minimum Gasteiger partial charge on any atom is -0.371 e. The number of piperidine rings is 2. The van der Waals surface area contributed by atoms with E-state index in [1.54, 1.807) is 6.20 Å². The minimum atomic E-state index is -0.0696. The van der Waals surface area contributed by atoms with Gasteiger partial charge in [0.2, 0.25) is 5.91 Å². The predicted molar refractivity (Wildman–Crippen MR) is 142 cm³/mol. The molecular formula is C27H36N8O. The Morgan fingerprint density at radius 2 is 2.00 bits per heavy atom. The standard InChI is InChI=1S/C27H36N8O/c1-16(2)27(36)31-18-10-17(13-28-14-18)21-11-19-23(15-30-21)33-34-25(19)22-12-20-24(6-7-29-26(20)32-22)35-8-4-3-5-9-35/h6-7,10,12-14,16,19,21,23,25,30,33-34H,3-5,8-9,11,15H2,1-2H3,(H,29,32)(H,31,36). The van der Waals surface area contributed by atoms with Crippen LogP contribution < -0.4 is 26.4 Å². The number of nitrogens with zero attached hydrogens (tertiary/aromatic N) is 3. The molecule has 4 unspecified atom stereocenters. The Morgan fingerprint density at radius 1 is 1.14 bits per heavy atom. The second-order valence-electron chi connectivity index (χ2n) is 10.7. The van der Waals surface area contributed by atoms with Gasteiger partial charge >= 0.3 is 0 Å². The van der Waals surface area contributed by atoms with Crippen molar-refractivity contribution in [2.75, 3.05) is 29.9 Å². The maximum Gasteiger partial charge on any atom is 0.226 e. The van der Waals surface area contributed by atoms with Gasteiger partial charge in [0.05, 0.1) is 17.9 Å². The number of rotatable bonds is 5. The quantitative estimate of drug-likeness (QED) is 0.374. The molecular weight excluding hydrogens is 452 g/mol. The summed E-state index contributed by atoms with van der Waals surface area (Å²) in [4.78, 5) is 27.4. The Morgan fingerprint density at radius 3 is 2.83 bits per heavy atom. The maximum atomic E-state index is 12.2. The molecule has 0 aliphatic carbocycles. The summed E-state index contributed by atoms with van der Waals surface area (Å²) in [6.07, 6.45) is 10.3. The van der Waals surface area contributed by atoms with Crippen molar-refractivity contribution < 1.29 is 4.79 Å². The molecule has 0 saturated carbocycles. The van der Waals surface area contributed by atoms with Crippen LogP contribution in [0.4, 0.5) is 11.4 Å². The molecule has 0 aromatic carbocycles. The van der Waals surface area contributed by atoms with Crippen molar-refractivity contribution in [3.63, 3.8) is 0 Å². The highest BCUT2D eigenvalue weighted by atomic mass is 16.1. The van der Waals surface area contributed by atoms with E-state index in [1.165, 1.54) is 36.0 Å². The lowest BCUT2D eigenvalue weighted by Crippen LogP contribution is -2.46. The number of H-pyrrole nitrogens is 1. The summed E-state index contributed by atoms with van der Waals surface area (Å²) in [5.41, 5.74) is 12.4. The molecule has 0 radical (unpaired) electrons. The second kappa shape index (κ2) is 9.80. The van der Waals surface area contributed by atoms with Gasteiger partial charge in [-0.2, -0.15) is 0 Å². The topological polar surface area (TPSA) is 110 Å². The fourth-order valence-corrected chi connectivity index (χ4v) is 5.95. The van der Waals surface area contributed by atoms with E-state index < -0.39 is 0 Å². The van der Waals surface area contributed by atoms with Gasteiger partial charge in [0, 0.05) is 72.7 Å². The van der Waals surface area contributed by atoms with Gasteiger partial charge in [-0.05, 0) is 49.4 Å². The van der Waals surface area contributed by atoms with Gasteiger partial charge in [-0.1, -0.05) is 13.8 Å². The average molecular weight is 489 g/mol. The number of hydrazine groups is 1. The molecule has 3 saturated heterocycles. The van der Waals surface area contributed by atoms with Gasteiger partial charge in [-0.3, -0.25) is 15.2 Å². The average Bonchev–Trinajstić information content (AvgIpc) is 3.53. The van der Waals surface area contributed by atoms with Crippen molar-refractivity contribution >= 4 is 28.3 Å². The van der Waals surface area contributed by atoms with Crippen molar-refractivity contribution in [1.82, 2.24) is 31.1 Å². The highest BCUT2D eigenvalue weighted by molar-refractivity contribution is 5.92. The van der Waals surface area contributed by atoms with Gasteiger partial charge in [0.25, 0.3) is 0 Å². The number of carbonyl (C=O) groups excluding carboxylic acids is 1. The summed E-state index contributed by atoms with van der Waals surface area (Å²) in [5, 5.41) is 7.87. The Bertz CT molecular complexity index is 1230. The molecule has 5 N–H and O–H groups in total. The van der Waals surface area contributed by atoms with E-state index in [2.05, 4.69) is 53.5 Å². The lowest BCUT2D eigenvalue weighted by molar-refractivity contribution is -0.118. The highest BCUT2D eigenvalue weighted by Crippen LogP contribution is 2.40. The molecule has 36 heavy (non-hydrogen) atoms. The number of aromatic nitrogens is 3. The number of amides is 1. The first-order chi connectivity index (χ1) is 17.6. The van der Waals surface area contributed by atoms with Crippen LogP contribution in [0.2, 0.25) is 0 Å². The van der Waals surface area contributed by atoms with Crippen LogP contribution in [0.3, 0.4) is 0 Å². The third-order valence-electron chi connectivity index (χ3n) is 7.98. The van der Waals surface area contributed by atoms with Crippen LogP contribution in [0.25, 0.3) is 11.0 Å². The molecule has 6 rings (SSSR count). The van der Waals surface area contributed by atoms with Crippen LogP contribution in [0.5, 0.6) is 0 Å². The van der Waals surface area contributed by atoms with Crippen molar-refractivity contribution in [2.24, 2.45) is 11.8 Å². The van der Waals surface area contributed by atoms with Gasteiger partial charge in [0.1, 0.15) is 5.65 Å². The highest BCUT2D eigenvalue weighted by Gasteiger charge is 2.42. The molecule has 9 nitrogen and oxygen atoms in total. The Hall–Kier alpha value is -3.01. The summed E-state index contributed by atoms with van der Waals surface area (Å²) < 4.78 is 0. The number of pyridine rings is 2. The second-order valence-corrected chi connectivity index (χ2v) is 10.7. The first kappa shape index (κ1) is 23.4. The molecule has 1 amide bonds. The van der Waals surface area contributed by atoms with Crippen molar-refractivity contribution in [3.05, 3.63) is 48.0 Å². The molecule has 3 aliphatic heterocycles. The van der Waals surface area contributed by atoms with E-state index in [1.807, 2.05) is 32.3 Å². The molecule has 3 fully saturated rings. The molecule has 3 aromatic rings. The Kier molecular flexibility index (Phi) is 6.37. The van der Waals surface area contributed by atoms with Crippen LogP contribution in [0, 0.1) is 11.8 Å². The van der Waals surface area contributed by atoms with Gasteiger partial charge in [0.15, 0.2) is 0 Å². The number of nitrogens with one attached hydrogen (secondary N) is 5. The molecule has 0 spiro atoms. The third kappa shape index (κ3) is 4.47. The van der Waals surface area contributed by atoms with Crippen LogP contribution in [0.1, 0.15) is 62.9 Å². The summed E-state index contributed by atoms with van der Waals surface area (Å²) in [6, 6.07) is 7.18. The van der Waals surface area contributed by atoms with E-state index in [0.29, 0.717) is 12.0 Å². The number of anilines is 2. The van der Waals surface area contributed by atoms with Crippen molar-refractivity contribution in [1.29, 1.82) is 0 Å². The molecule has 190 valence electrons. The molecule has 9 heteroatoms. The van der Waals surface area contributed by atoms with E-state index in [4.69, 9.17) is 0 Å². The maximum absolute atomic E-state index is 12.2. The number of hydrogen-bond acceptors (Lipinski definition) is 7. The van der Waals surface area contributed by atoms with E-state index >= 15 is 0 Å². The number of aromatic amines is 1. The number of hydrogen-bond donors (Lipinski definition) is 5. The molecule has 0 bridgehead atoms. The van der Waals surface area contributed by atoms with E-state index in [9.17, 15) is 4.79 Å². The molecule has 6 heterocycles.